The van der Waals surface area contributed by atoms with Gasteiger partial charge in [-0.3, -0.25) is 0 Å². The Morgan fingerprint density at radius 1 is 0.339 bits per heavy atom. The lowest BCUT2D eigenvalue weighted by molar-refractivity contribution is 0.660. The van der Waals surface area contributed by atoms with E-state index in [4.69, 9.17) is 0 Å². The summed E-state index contributed by atoms with van der Waals surface area (Å²) in [4.78, 5) is 2.46. The van der Waals surface area contributed by atoms with E-state index >= 15 is 0 Å². The van der Waals surface area contributed by atoms with Gasteiger partial charge >= 0.3 is 0 Å². The van der Waals surface area contributed by atoms with Gasteiger partial charge in [0.05, 0.1) is 11.0 Å². The highest BCUT2D eigenvalue weighted by Crippen LogP contribution is 2.55. The molecule has 1 aromatic heterocycles. The molecule has 0 bridgehead atoms. The minimum atomic E-state index is -0.214. The lowest BCUT2D eigenvalue weighted by Gasteiger charge is -2.30. The molecule has 296 valence electrons. The molecule has 0 aliphatic heterocycles. The maximum absolute atomic E-state index is 2.47. The smallest absolute Gasteiger partial charge is 0.0541 e. The Labute approximate surface area is 364 Å². The van der Waals surface area contributed by atoms with Crippen molar-refractivity contribution < 1.29 is 0 Å². The van der Waals surface area contributed by atoms with Gasteiger partial charge < -0.3 is 9.47 Å². The van der Waals surface area contributed by atoms with Gasteiger partial charge in [0, 0.05) is 44.4 Å². The normalized spacial score (nSPS) is 14.1. The molecule has 62 heavy (non-hydrogen) atoms. The summed E-state index contributed by atoms with van der Waals surface area (Å²) < 4.78 is 2.39. The van der Waals surface area contributed by atoms with Crippen molar-refractivity contribution in [2.45, 2.75) is 38.5 Å². The predicted octanol–water partition coefficient (Wildman–Crippen LogP) is 16.2. The summed E-state index contributed by atoms with van der Waals surface area (Å²) in [6.45, 7) is 9.53. The molecule has 10 aromatic rings. The highest BCUT2D eigenvalue weighted by atomic mass is 15.1. The van der Waals surface area contributed by atoms with E-state index in [1.54, 1.807) is 0 Å². The van der Waals surface area contributed by atoms with Crippen LogP contribution in [0.2, 0.25) is 0 Å². The number of aromatic nitrogens is 1. The fourth-order valence-electron chi connectivity index (χ4n) is 10.9. The van der Waals surface area contributed by atoms with Gasteiger partial charge in [-0.1, -0.05) is 167 Å². The largest absolute Gasteiger partial charge is 0.310 e. The van der Waals surface area contributed by atoms with Gasteiger partial charge in [-0.2, -0.15) is 0 Å². The number of anilines is 3. The van der Waals surface area contributed by atoms with Gasteiger partial charge in [-0.15, -0.1) is 0 Å². The van der Waals surface area contributed by atoms with Crippen LogP contribution in [0.5, 0.6) is 0 Å². The first-order chi connectivity index (χ1) is 30.3. The quantitative estimate of drug-likeness (QED) is 0.163. The van der Waals surface area contributed by atoms with Gasteiger partial charge in [-0.25, -0.2) is 0 Å². The van der Waals surface area contributed by atoms with E-state index in [0.29, 0.717) is 0 Å². The van der Waals surface area contributed by atoms with Crippen molar-refractivity contribution in [3.63, 3.8) is 0 Å². The number of nitrogens with zero attached hydrogens (tertiary/aromatic N) is 2. The maximum Gasteiger partial charge on any atom is 0.0541 e. The highest BCUT2D eigenvalue weighted by Gasteiger charge is 2.39. The van der Waals surface area contributed by atoms with E-state index < -0.39 is 0 Å². The molecule has 0 fully saturated rings. The third-order valence-corrected chi connectivity index (χ3v) is 14.0. The Kier molecular flexibility index (Phi) is 7.96. The Morgan fingerprint density at radius 2 is 0.871 bits per heavy atom. The number of hydrogen-bond donors (Lipinski definition) is 0. The molecule has 0 spiro atoms. The molecule has 0 unspecified atom stereocenters. The molecule has 0 amide bonds. The lowest BCUT2D eigenvalue weighted by Crippen LogP contribution is -2.18. The predicted molar refractivity (Wildman–Crippen MR) is 261 cm³/mol. The molecule has 2 aliphatic rings. The molecule has 0 saturated carbocycles. The number of hydrogen-bond acceptors (Lipinski definition) is 1. The third kappa shape index (κ3) is 5.36. The topological polar surface area (TPSA) is 8.17 Å². The SMILES string of the molecule is CC1(C)c2ccccc2-c2ccc(N(c3ccc(-c4ccccc4)cc3)c3ccc4c(c3)C(C)(C)c3cccc(-c5ccc6c(c5)c5ccccc5n6-c5ccccc5)c3-4)cc21. The summed E-state index contributed by atoms with van der Waals surface area (Å²) in [6.07, 6.45) is 0. The Balaban J connectivity index is 1.01. The van der Waals surface area contributed by atoms with E-state index in [2.05, 4.69) is 243 Å². The van der Waals surface area contributed by atoms with Crippen molar-refractivity contribution in [1.82, 2.24) is 4.57 Å². The van der Waals surface area contributed by atoms with Gasteiger partial charge in [-0.05, 0) is 133 Å². The monoisotopic (exact) mass is 794 g/mol. The number of fused-ring (bicyclic) bond motifs is 9. The molecule has 0 atom stereocenters. The van der Waals surface area contributed by atoms with Crippen LogP contribution in [0.4, 0.5) is 17.1 Å². The zero-order valence-corrected chi connectivity index (χ0v) is 35.5. The molecule has 0 N–H and O–H groups in total. The second-order valence-corrected chi connectivity index (χ2v) is 18.2. The standard InChI is InChI=1S/C60H46N2/c1-59(2)52-23-13-11-20-47(52)48-33-31-44(37-54(48)59)61(43-29-26-40(27-30-43)39-16-7-5-8-17-39)45-32-34-50-55(38-45)60(3,4)53-24-15-22-46(58(50)53)41-28-35-57-51(36-41)49-21-12-14-25-56(49)62(57)42-18-9-6-10-19-42/h5-38H,1-4H3. The fraction of sp³-hybridized carbons (Fsp3) is 0.100. The van der Waals surface area contributed by atoms with Gasteiger partial charge in [0.2, 0.25) is 0 Å². The van der Waals surface area contributed by atoms with Crippen LogP contribution < -0.4 is 4.90 Å². The minimum absolute atomic E-state index is 0.109. The first kappa shape index (κ1) is 36.4. The Bertz CT molecular complexity index is 3390. The van der Waals surface area contributed by atoms with Gasteiger partial charge in [0.25, 0.3) is 0 Å². The molecule has 12 rings (SSSR count). The molecule has 9 aromatic carbocycles. The van der Waals surface area contributed by atoms with Crippen LogP contribution in [-0.4, -0.2) is 4.57 Å². The van der Waals surface area contributed by atoms with E-state index in [0.717, 1.165) is 17.1 Å². The zero-order valence-electron chi connectivity index (χ0n) is 35.5. The third-order valence-electron chi connectivity index (χ3n) is 14.0. The second-order valence-electron chi connectivity index (χ2n) is 18.2. The van der Waals surface area contributed by atoms with Crippen LogP contribution in [0.1, 0.15) is 49.9 Å². The molecule has 1 heterocycles. The van der Waals surface area contributed by atoms with Crippen molar-refractivity contribution in [3.8, 4) is 50.2 Å². The lowest BCUT2D eigenvalue weighted by atomic mass is 9.81. The average molecular weight is 795 g/mol. The first-order valence-corrected chi connectivity index (χ1v) is 21.8. The van der Waals surface area contributed by atoms with Crippen molar-refractivity contribution >= 4 is 38.9 Å². The molecular formula is C60H46N2. The van der Waals surface area contributed by atoms with E-state index in [1.165, 1.54) is 94.3 Å². The second kappa shape index (κ2) is 13.5. The summed E-state index contributed by atoms with van der Waals surface area (Å²) in [5.74, 6) is 0. The molecule has 0 saturated heterocycles. The first-order valence-electron chi connectivity index (χ1n) is 21.8. The Morgan fingerprint density at radius 3 is 1.65 bits per heavy atom. The summed E-state index contributed by atoms with van der Waals surface area (Å²) in [5.41, 5.74) is 22.5. The summed E-state index contributed by atoms with van der Waals surface area (Å²) in [5, 5.41) is 2.53. The van der Waals surface area contributed by atoms with Crippen LogP contribution >= 0.6 is 0 Å². The van der Waals surface area contributed by atoms with Gasteiger partial charge in [0.1, 0.15) is 0 Å². The maximum atomic E-state index is 2.47. The summed E-state index contributed by atoms with van der Waals surface area (Å²) in [6, 6.07) is 76.5. The Hall–Kier alpha value is -7.42. The molecule has 2 nitrogen and oxygen atoms in total. The van der Waals surface area contributed by atoms with Crippen molar-refractivity contribution in [1.29, 1.82) is 0 Å². The van der Waals surface area contributed by atoms with Crippen LogP contribution in [-0.2, 0) is 10.8 Å². The van der Waals surface area contributed by atoms with Gasteiger partial charge in [0.15, 0.2) is 0 Å². The average Bonchev–Trinajstić information content (AvgIpc) is 3.86. The minimum Gasteiger partial charge on any atom is -0.310 e. The summed E-state index contributed by atoms with van der Waals surface area (Å²) in [7, 11) is 0. The van der Waals surface area contributed by atoms with Crippen molar-refractivity contribution in [3.05, 3.63) is 229 Å². The van der Waals surface area contributed by atoms with Crippen LogP contribution in [0.15, 0.2) is 206 Å². The number of rotatable bonds is 6. The molecular weight excluding hydrogens is 749 g/mol. The van der Waals surface area contributed by atoms with E-state index in [1.807, 2.05) is 0 Å². The zero-order chi connectivity index (χ0) is 41.7. The van der Waals surface area contributed by atoms with Crippen LogP contribution in [0.3, 0.4) is 0 Å². The molecule has 2 aliphatic carbocycles. The number of benzene rings is 9. The van der Waals surface area contributed by atoms with E-state index in [-0.39, 0.29) is 10.8 Å². The number of para-hydroxylation sites is 2. The fourth-order valence-corrected chi connectivity index (χ4v) is 10.9. The van der Waals surface area contributed by atoms with Crippen molar-refractivity contribution in [2.75, 3.05) is 4.90 Å². The van der Waals surface area contributed by atoms with E-state index in [9.17, 15) is 0 Å². The van der Waals surface area contributed by atoms with Crippen LogP contribution in [0.25, 0.3) is 72.0 Å². The molecule has 0 radical (unpaired) electrons. The molecule has 2 heteroatoms. The summed E-state index contributed by atoms with van der Waals surface area (Å²) >= 11 is 0. The van der Waals surface area contributed by atoms with Crippen LogP contribution in [0, 0.1) is 0 Å². The highest BCUT2D eigenvalue weighted by molar-refractivity contribution is 6.11. The van der Waals surface area contributed by atoms with Crippen molar-refractivity contribution in [2.24, 2.45) is 0 Å².